The largest absolute Gasteiger partial charge is 0.545 e. The standard InChI is InChI=1S/C10H15NO3/c1-8-4-2-3-7-11(8)9(12)5-6-10(13)14/h5-6,8H,2-4,7H2,1H3,(H,13,14)/p-1/b6-5+/t8-/m0/s1. The predicted octanol–water partition coefficient (Wildman–Crippen LogP) is -0.307. The van der Waals surface area contributed by atoms with Gasteiger partial charge >= 0.3 is 0 Å². The third-order valence-electron chi connectivity index (χ3n) is 2.45. The molecule has 0 aromatic heterocycles. The first-order chi connectivity index (χ1) is 6.61. The van der Waals surface area contributed by atoms with E-state index in [1.807, 2.05) is 6.92 Å². The number of carboxylic acid groups (broad SMARTS) is 1. The van der Waals surface area contributed by atoms with Gasteiger partial charge in [0.05, 0.1) is 5.97 Å². The Balaban J connectivity index is 2.54. The van der Waals surface area contributed by atoms with Gasteiger partial charge in [-0.2, -0.15) is 0 Å². The average Bonchev–Trinajstić information content (AvgIpc) is 2.15. The van der Waals surface area contributed by atoms with Gasteiger partial charge in [-0.25, -0.2) is 0 Å². The van der Waals surface area contributed by atoms with Crippen molar-refractivity contribution in [3.63, 3.8) is 0 Å². The van der Waals surface area contributed by atoms with Gasteiger partial charge in [-0.3, -0.25) is 4.79 Å². The van der Waals surface area contributed by atoms with Gasteiger partial charge in [0, 0.05) is 18.7 Å². The van der Waals surface area contributed by atoms with E-state index in [0.29, 0.717) is 0 Å². The zero-order valence-electron chi connectivity index (χ0n) is 8.23. The van der Waals surface area contributed by atoms with Crippen LogP contribution >= 0.6 is 0 Å². The van der Waals surface area contributed by atoms with Gasteiger partial charge < -0.3 is 14.8 Å². The van der Waals surface area contributed by atoms with Crippen LogP contribution in [0.1, 0.15) is 26.2 Å². The molecule has 0 saturated carbocycles. The molecule has 14 heavy (non-hydrogen) atoms. The van der Waals surface area contributed by atoms with Crippen LogP contribution in [0.5, 0.6) is 0 Å². The molecule has 0 unspecified atom stereocenters. The second kappa shape index (κ2) is 4.79. The van der Waals surface area contributed by atoms with E-state index < -0.39 is 5.97 Å². The lowest BCUT2D eigenvalue weighted by atomic mass is 10.0. The summed E-state index contributed by atoms with van der Waals surface area (Å²) in [5.41, 5.74) is 0. The fourth-order valence-corrected chi connectivity index (χ4v) is 1.66. The maximum absolute atomic E-state index is 11.5. The van der Waals surface area contributed by atoms with Crippen LogP contribution in [0.4, 0.5) is 0 Å². The van der Waals surface area contributed by atoms with E-state index in [4.69, 9.17) is 0 Å². The number of hydrogen-bond acceptors (Lipinski definition) is 3. The van der Waals surface area contributed by atoms with Crippen LogP contribution in [-0.4, -0.2) is 29.4 Å². The van der Waals surface area contributed by atoms with Crippen LogP contribution in [-0.2, 0) is 9.59 Å². The number of nitrogens with zero attached hydrogens (tertiary/aromatic N) is 1. The molecule has 4 heteroatoms. The Bertz CT molecular complexity index is 260. The Morgan fingerprint density at radius 2 is 2.07 bits per heavy atom. The molecule has 0 aromatic rings. The normalized spacial score (nSPS) is 22.6. The zero-order chi connectivity index (χ0) is 10.6. The third-order valence-corrected chi connectivity index (χ3v) is 2.45. The van der Waals surface area contributed by atoms with Crippen LogP contribution < -0.4 is 5.11 Å². The Morgan fingerprint density at radius 1 is 1.36 bits per heavy atom. The summed E-state index contributed by atoms with van der Waals surface area (Å²) in [7, 11) is 0. The SMILES string of the molecule is C[C@H]1CCCCN1C(=O)/C=C/C(=O)[O-]. The van der Waals surface area contributed by atoms with Gasteiger partial charge in [0.2, 0.25) is 5.91 Å². The van der Waals surface area contributed by atoms with E-state index in [9.17, 15) is 14.7 Å². The molecule has 0 aliphatic carbocycles. The number of piperidine rings is 1. The molecular formula is C10H14NO3-. The first-order valence-corrected chi connectivity index (χ1v) is 4.81. The van der Waals surface area contributed by atoms with Crippen molar-refractivity contribution in [2.45, 2.75) is 32.2 Å². The summed E-state index contributed by atoms with van der Waals surface area (Å²) in [6.45, 7) is 2.70. The molecule has 1 aliphatic rings. The molecule has 1 atom stereocenters. The number of amides is 1. The van der Waals surface area contributed by atoms with Gasteiger partial charge in [-0.1, -0.05) is 0 Å². The van der Waals surface area contributed by atoms with Gasteiger partial charge in [0.15, 0.2) is 0 Å². The van der Waals surface area contributed by atoms with Crippen molar-refractivity contribution < 1.29 is 14.7 Å². The molecule has 0 bridgehead atoms. The van der Waals surface area contributed by atoms with E-state index >= 15 is 0 Å². The summed E-state index contributed by atoms with van der Waals surface area (Å²) in [6, 6.07) is 0.211. The van der Waals surface area contributed by atoms with E-state index in [1.165, 1.54) is 0 Å². The summed E-state index contributed by atoms with van der Waals surface area (Å²) < 4.78 is 0. The van der Waals surface area contributed by atoms with Gasteiger partial charge in [-0.05, 0) is 32.3 Å². The van der Waals surface area contributed by atoms with Crippen LogP contribution in [0, 0.1) is 0 Å². The lowest BCUT2D eigenvalue weighted by molar-refractivity contribution is -0.297. The second-order valence-corrected chi connectivity index (χ2v) is 3.53. The van der Waals surface area contributed by atoms with Crippen LogP contribution in [0.2, 0.25) is 0 Å². The van der Waals surface area contributed by atoms with Gasteiger partial charge in [-0.15, -0.1) is 0 Å². The van der Waals surface area contributed by atoms with Crippen LogP contribution in [0.25, 0.3) is 0 Å². The van der Waals surface area contributed by atoms with Crippen molar-refractivity contribution in [1.82, 2.24) is 4.90 Å². The summed E-state index contributed by atoms with van der Waals surface area (Å²) in [4.78, 5) is 23.3. The van der Waals surface area contributed by atoms with E-state index in [-0.39, 0.29) is 11.9 Å². The molecule has 1 amide bonds. The highest BCUT2D eigenvalue weighted by atomic mass is 16.4. The predicted molar refractivity (Wildman–Crippen MR) is 49.2 cm³/mol. The molecule has 4 nitrogen and oxygen atoms in total. The highest BCUT2D eigenvalue weighted by Gasteiger charge is 2.20. The number of likely N-dealkylation sites (tertiary alicyclic amines) is 1. The zero-order valence-corrected chi connectivity index (χ0v) is 8.23. The van der Waals surface area contributed by atoms with Crippen molar-refractivity contribution >= 4 is 11.9 Å². The van der Waals surface area contributed by atoms with Crippen molar-refractivity contribution in [2.75, 3.05) is 6.54 Å². The minimum atomic E-state index is -1.33. The minimum Gasteiger partial charge on any atom is -0.545 e. The Kier molecular flexibility index (Phi) is 3.68. The van der Waals surface area contributed by atoms with E-state index in [2.05, 4.69) is 0 Å². The molecule has 1 saturated heterocycles. The number of carbonyl (C=O) groups is 2. The number of carboxylic acids is 1. The highest BCUT2D eigenvalue weighted by Crippen LogP contribution is 2.16. The summed E-state index contributed by atoms with van der Waals surface area (Å²) >= 11 is 0. The summed E-state index contributed by atoms with van der Waals surface area (Å²) in [5, 5.41) is 10.1. The number of rotatable bonds is 2. The molecule has 78 valence electrons. The lowest BCUT2D eigenvalue weighted by Gasteiger charge is -2.32. The highest BCUT2D eigenvalue weighted by molar-refractivity contribution is 5.93. The molecular weight excluding hydrogens is 182 g/mol. The molecule has 0 aromatic carbocycles. The van der Waals surface area contributed by atoms with Crippen molar-refractivity contribution in [3.8, 4) is 0 Å². The van der Waals surface area contributed by atoms with Gasteiger partial charge in [0.1, 0.15) is 0 Å². The Labute approximate surface area is 83.2 Å². The van der Waals surface area contributed by atoms with Crippen LogP contribution in [0.15, 0.2) is 12.2 Å². The molecule has 0 radical (unpaired) electrons. The monoisotopic (exact) mass is 196 g/mol. The molecule has 1 aliphatic heterocycles. The molecule has 0 N–H and O–H groups in total. The maximum Gasteiger partial charge on any atom is 0.246 e. The molecule has 1 rings (SSSR count). The van der Waals surface area contributed by atoms with Crippen molar-refractivity contribution in [3.05, 3.63) is 12.2 Å². The molecule has 1 fully saturated rings. The Morgan fingerprint density at radius 3 is 2.64 bits per heavy atom. The number of carbonyl (C=O) groups excluding carboxylic acids is 2. The molecule has 0 spiro atoms. The average molecular weight is 196 g/mol. The van der Waals surface area contributed by atoms with Crippen molar-refractivity contribution in [1.29, 1.82) is 0 Å². The Hall–Kier alpha value is -1.32. The second-order valence-electron chi connectivity index (χ2n) is 3.53. The first kappa shape index (κ1) is 10.8. The van der Waals surface area contributed by atoms with Gasteiger partial charge in [0.25, 0.3) is 0 Å². The topological polar surface area (TPSA) is 60.4 Å². The van der Waals surface area contributed by atoms with Crippen molar-refractivity contribution in [2.24, 2.45) is 0 Å². The summed E-state index contributed by atoms with van der Waals surface area (Å²) in [6.07, 6.45) is 4.97. The van der Waals surface area contributed by atoms with Crippen LogP contribution in [0.3, 0.4) is 0 Å². The van der Waals surface area contributed by atoms with E-state index in [0.717, 1.165) is 38.0 Å². The third kappa shape index (κ3) is 2.87. The minimum absolute atomic E-state index is 0.211. The maximum atomic E-state index is 11.5. The fourth-order valence-electron chi connectivity index (χ4n) is 1.66. The smallest absolute Gasteiger partial charge is 0.246 e. The fraction of sp³-hybridized carbons (Fsp3) is 0.600. The number of aliphatic carboxylic acids is 1. The summed E-state index contributed by atoms with van der Waals surface area (Å²) in [5.74, 6) is -1.57. The first-order valence-electron chi connectivity index (χ1n) is 4.81. The molecule has 1 heterocycles. The lowest BCUT2D eigenvalue weighted by Crippen LogP contribution is -2.41. The number of hydrogen-bond donors (Lipinski definition) is 0. The quantitative estimate of drug-likeness (QED) is 0.569. The van der Waals surface area contributed by atoms with E-state index in [1.54, 1.807) is 4.90 Å².